The third kappa shape index (κ3) is 6.41. The van der Waals surface area contributed by atoms with E-state index in [1.54, 1.807) is 36.4 Å². The van der Waals surface area contributed by atoms with Gasteiger partial charge in [0.1, 0.15) is 17.9 Å². The molecule has 1 heterocycles. The maximum atomic E-state index is 14.2. The van der Waals surface area contributed by atoms with Gasteiger partial charge in [-0.15, -0.1) is 0 Å². The van der Waals surface area contributed by atoms with Crippen molar-refractivity contribution in [1.29, 1.82) is 0 Å². The monoisotopic (exact) mass is 561 g/mol. The SMILES string of the molecule is O=C(c1ccccc1F)c1cnc2c(C(F)(F)F)cccc2c1-c1ccccc1.O=CCC(=O)c1ccccc1F. The van der Waals surface area contributed by atoms with Crippen molar-refractivity contribution in [3.63, 3.8) is 0 Å². The van der Waals surface area contributed by atoms with Crippen molar-refractivity contribution in [3.05, 3.63) is 137 Å². The minimum Gasteiger partial charge on any atom is -0.303 e. The number of carbonyl (C=O) groups is 3. The molecule has 0 saturated carbocycles. The van der Waals surface area contributed by atoms with Gasteiger partial charge in [0.2, 0.25) is 0 Å². The second-order valence-corrected chi connectivity index (χ2v) is 8.70. The standard InChI is InChI=1S/C23H13F4NO.C9H7FO2/c24-19-12-5-4-9-15(19)22(29)17-13-28-21-16(10-6-11-18(21)23(25,26)27)20(17)14-7-2-1-3-8-14;10-8-4-2-1-3-7(8)9(12)5-6-11/h1-13H;1-4,6H,5H2. The third-order valence-electron chi connectivity index (χ3n) is 6.07. The lowest BCUT2D eigenvalue weighted by Gasteiger charge is -2.16. The van der Waals surface area contributed by atoms with E-state index in [9.17, 15) is 36.3 Å². The van der Waals surface area contributed by atoms with E-state index in [4.69, 9.17) is 0 Å². The minimum atomic E-state index is -4.60. The van der Waals surface area contributed by atoms with Crippen LogP contribution >= 0.6 is 0 Å². The number of Topliss-reactive ketones (excluding diaryl/α,β-unsaturated/α-hetero) is 1. The fourth-order valence-electron chi connectivity index (χ4n) is 4.20. The Morgan fingerprint density at radius 3 is 1.88 bits per heavy atom. The summed E-state index contributed by atoms with van der Waals surface area (Å²) in [5, 5.41) is 0.174. The average molecular weight is 562 g/mol. The smallest absolute Gasteiger partial charge is 0.303 e. The molecule has 1 aromatic heterocycles. The molecular formula is C32H20F5NO3. The second kappa shape index (κ2) is 12.4. The predicted molar refractivity (Wildman–Crippen MR) is 143 cm³/mol. The highest BCUT2D eigenvalue weighted by Crippen LogP contribution is 2.39. The molecule has 9 heteroatoms. The Morgan fingerprint density at radius 2 is 1.29 bits per heavy atom. The average Bonchev–Trinajstić information content (AvgIpc) is 2.97. The second-order valence-electron chi connectivity index (χ2n) is 8.70. The van der Waals surface area contributed by atoms with E-state index in [-0.39, 0.29) is 39.6 Å². The fourth-order valence-corrected chi connectivity index (χ4v) is 4.20. The highest BCUT2D eigenvalue weighted by Gasteiger charge is 2.34. The lowest BCUT2D eigenvalue weighted by molar-refractivity contribution is -0.136. The van der Waals surface area contributed by atoms with Gasteiger partial charge in [0, 0.05) is 22.7 Å². The molecule has 0 aliphatic carbocycles. The predicted octanol–water partition coefficient (Wildman–Crippen LogP) is 7.89. The van der Waals surface area contributed by atoms with Crippen LogP contribution in [0.3, 0.4) is 0 Å². The number of rotatable bonds is 6. The highest BCUT2D eigenvalue weighted by molar-refractivity contribution is 6.16. The Hall–Kier alpha value is -5.05. The van der Waals surface area contributed by atoms with Crippen LogP contribution in [0.15, 0.2) is 103 Å². The summed E-state index contributed by atoms with van der Waals surface area (Å²) in [5.41, 5.74) is -0.481. The molecule has 4 nitrogen and oxygen atoms in total. The van der Waals surface area contributed by atoms with E-state index in [1.165, 1.54) is 48.5 Å². The van der Waals surface area contributed by atoms with Crippen molar-refractivity contribution in [1.82, 2.24) is 4.98 Å². The summed E-state index contributed by atoms with van der Waals surface area (Å²) in [7, 11) is 0. The van der Waals surface area contributed by atoms with Gasteiger partial charge in [-0.25, -0.2) is 8.78 Å². The van der Waals surface area contributed by atoms with Crippen molar-refractivity contribution in [2.45, 2.75) is 12.6 Å². The van der Waals surface area contributed by atoms with Crippen LogP contribution in [0.5, 0.6) is 0 Å². The summed E-state index contributed by atoms with van der Waals surface area (Å²) < 4.78 is 67.4. The van der Waals surface area contributed by atoms with Crippen molar-refractivity contribution in [3.8, 4) is 11.1 Å². The molecule has 0 unspecified atom stereocenters. The molecule has 0 bridgehead atoms. The van der Waals surface area contributed by atoms with E-state index >= 15 is 0 Å². The number of fused-ring (bicyclic) bond motifs is 1. The number of aromatic nitrogens is 1. The maximum Gasteiger partial charge on any atom is 0.418 e. The Bertz CT molecular complexity index is 1730. The van der Waals surface area contributed by atoms with Crippen LogP contribution < -0.4 is 0 Å². The summed E-state index contributed by atoms with van der Waals surface area (Å²) in [5.74, 6) is -2.41. The number of ketones is 2. The molecule has 4 aromatic carbocycles. The summed E-state index contributed by atoms with van der Waals surface area (Å²) in [6, 6.07) is 23.3. The summed E-state index contributed by atoms with van der Waals surface area (Å²) in [4.78, 5) is 38.0. The van der Waals surface area contributed by atoms with Crippen LogP contribution in [0.1, 0.15) is 38.3 Å². The zero-order valence-electron chi connectivity index (χ0n) is 21.2. The first kappa shape index (κ1) is 28.9. The molecule has 0 radical (unpaired) electrons. The van der Waals surface area contributed by atoms with Gasteiger partial charge in [0.15, 0.2) is 11.6 Å². The molecule has 0 N–H and O–H groups in total. The Kier molecular flexibility index (Phi) is 8.77. The lowest BCUT2D eigenvalue weighted by atomic mass is 9.91. The number of pyridine rings is 1. The van der Waals surface area contributed by atoms with Gasteiger partial charge in [0.25, 0.3) is 0 Å². The van der Waals surface area contributed by atoms with Crippen LogP contribution in [0.4, 0.5) is 22.0 Å². The molecule has 5 rings (SSSR count). The van der Waals surface area contributed by atoms with E-state index in [2.05, 4.69) is 4.98 Å². The molecule has 41 heavy (non-hydrogen) atoms. The molecule has 0 fully saturated rings. The molecule has 0 aliphatic heterocycles. The number of hydrogen-bond donors (Lipinski definition) is 0. The van der Waals surface area contributed by atoms with Gasteiger partial charge >= 0.3 is 6.18 Å². The molecule has 5 aromatic rings. The quantitative estimate of drug-likeness (QED) is 0.0916. The Balaban J connectivity index is 0.000000271. The molecule has 0 amide bonds. The molecule has 0 saturated heterocycles. The Morgan fingerprint density at radius 1 is 0.707 bits per heavy atom. The topological polar surface area (TPSA) is 64.1 Å². The van der Waals surface area contributed by atoms with Gasteiger partial charge in [-0.2, -0.15) is 13.2 Å². The van der Waals surface area contributed by atoms with Gasteiger partial charge in [-0.3, -0.25) is 14.6 Å². The molecule has 206 valence electrons. The first-order valence-corrected chi connectivity index (χ1v) is 12.2. The van der Waals surface area contributed by atoms with Crippen molar-refractivity contribution in [2.24, 2.45) is 0 Å². The number of halogens is 5. The number of nitrogens with zero attached hydrogens (tertiary/aromatic N) is 1. The highest BCUT2D eigenvalue weighted by atomic mass is 19.4. The lowest BCUT2D eigenvalue weighted by Crippen LogP contribution is -2.10. The van der Waals surface area contributed by atoms with Crippen LogP contribution in [0.2, 0.25) is 0 Å². The third-order valence-corrected chi connectivity index (χ3v) is 6.07. The number of alkyl halides is 3. The van der Waals surface area contributed by atoms with E-state index < -0.39 is 34.9 Å². The summed E-state index contributed by atoms with van der Waals surface area (Å²) in [6.07, 6.45) is -3.30. The molecule has 0 aliphatic rings. The zero-order valence-corrected chi connectivity index (χ0v) is 21.2. The van der Waals surface area contributed by atoms with Crippen LogP contribution in [0.25, 0.3) is 22.0 Å². The van der Waals surface area contributed by atoms with E-state index in [0.717, 1.165) is 18.3 Å². The van der Waals surface area contributed by atoms with Crippen LogP contribution in [0, 0.1) is 11.6 Å². The summed E-state index contributed by atoms with van der Waals surface area (Å²) >= 11 is 0. The maximum absolute atomic E-state index is 14.2. The van der Waals surface area contributed by atoms with Gasteiger partial charge in [0.05, 0.1) is 28.6 Å². The van der Waals surface area contributed by atoms with Gasteiger partial charge in [-0.1, -0.05) is 66.7 Å². The number of hydrogen-bond acceptors (Lipinski definition) is 4. The fraction of sp³-hybridized carbons (Fsp3) is 0.0625. The van der Waals surface area contributed by atoms with Crippen LogP contribution in [-0.4, -0.2) is 22.8 Å². The first-order chi connectivity index (χ1) is 19.6. The van der Waals surface area contributed by atoms with E-state index in [1.807, 2.05) is 0 Å². The van der Waals surface area contributed by atoms with Crippen molar-refractivity contribution >= 4 is 28.8 Å². The number of aldehydes is 1. The van der Waals surface area contributed by atoms with Gasteiger partial charge in [-0.05, 0) is 35.9 Å². The molecule has 0 atom stereocenters. The van der Waals surface area contributed by atoms with Gasteiger partial charge < -0.3 is 4.79 Å². The van der Waals surface area contributed by atoms with Crippen molar-refractivity contribution < 1.29 is 36.3 Å². The first-order valence-electron chi connectivity index (χ1n) is 12.2. The minimum absolute atomic E-state index is 0.0235. The molecular weight excluding hydrogens is 541 g/mol. The number of carbonyl (C=O) groups excluding carboxylic acids is 3. The summed E-state index contributed by atoms with van der Waals surface area (Å²) in [6.45, 7) is 0. The van der Waals surface area contributed by atoms with Crippen molar-refractivity contribution in [2.75, 3.05) is 0 Å². The van der Waals surface area contributed by atoms with E-state index in [0.29, 0.717) is 11.8 Å². The Labute approximate surface area is 231 Å². The number of benzene rings is 4. The molecule has 0 spiro atoms. The normalized spacial score (nSPS) is 11.0. The zero-order chi connectivity index (χ0) is 29.6. The van der Waals surface area contributed by atoms with Crippen LogP contribution in [-0.2, 0) is 11.0 Å². The largest absolute Gasteiger partial charge is 0.418 e. The number of para-hydroxylation sites is 1.